The molecule has 0 saturated heterocycles. The Labute approximate surface area is 110 Å². The highest BCUT2D eigenvalue weighted by molar-refractivity contribution is 5.80. The summed E-state index contributed by atoms with van der Waals surface area (Å²) in [6.07, 6.45) is 1.81. The van der Waals surface area contributed by atoms with Crippen LogP contribution in [0, 0.1) is 6.92 Å². The number of nitrogens with one attached hydrogen (secondary N) is 2. The monoisotopic (exact) mass is 248 g/mol. The van der Waals surface area contributed by atoms with Crippen LogP contribution in [0.3, 0.4) is 0 Å². The summed E-state index contributed by atoms with van der Waals surface area (Å²) in [5.74, 6) is 0.829. The Bertz CT molecular complexity index is 405. The third kappa shape index (κ3) is 5.17. The molecule has 0 aromatic carbocycles. The van der Waals surface area contributed by atoms with Crippen molar-refractivity contribution in [2.24, 2.45) is 4.99 Å². The van der Waals surface area contributed by atoms with Gasteiger partial charge in [0, 0.05) is 18.3 Å². The van der Waals surface area contributed by atoms with E-state index in [1.807, 2.05) is 12.3 Å². The lowest BCUT2D eigenvalue weighted by Crippen LogP contribution is -2.47. The zero-order chi connectivity index (χ0) is 13.6. The number of aliphatic imine (C=N–C) groups is 1. The van der Waals surface area contributed by atoms with Crippen LogP contribution in [0.5, 0.6) is 0 Å². The van der Waals surface area contributed by atoms with Gasteiger partial charge in [0.15, 0.2) is 5.96 Å². The van der Waals surface area contributed by atoms with Gasteiger partial charge in [-0.05, 0) is 46.2 Å². The van der Waals surface area contributed by atoms with Gasteiger partial charge in [0.2, 0.25) is 0 Å². The molecule has 0 amide bonds. The predicted octanol–water partition coefficient (Wildman–Crippen LogP) is 2.24. The lowest BCUT2D eigenvalue weighted by atomic mass is 10.1. The summed E-state index contributed by atoms with van der Waals surface area (Å²) in [5.41, 5.74) is 2.19. The SMILES string of the molecule is CCNC(=NCc1ncccc1C)NC(C)(C)C. The molecule has 0 saturated carbocycles. The van der Waals surface area contributed by atoms with Crippen molar-refractivity contribution in [3.63, 3.8) is 0 Å². The summed E-state index contributed by atoms with van der Waals surface area (Å²) < 4.78 is 0. The fraction of sp³-hybridized carbons (Fsp3) is 0.571. The summed E-state index contributed by atoms with van der Waals surface area (Å²) in [5, 5.41) is 6.60. The van der Waals surface area contributed by atoms with Crippen LogP contribution < -0.4 is 10.6 Å². The molecule has 0 bridgehead atoms. The summed E-state index contributed by atoms with van der Waals surface area (Å²) >= 11 is 0. The number of aryl methyl sites for hydroxylation is 1. The number of hydrogen-bond acceptors (Lipinski definition) is 2. The molecule has 0 aliphatic carbocycles. The Morgan fingerprint density at radius 2 is 2.11 bits per heavy atom. The Kier molecular flexibility index (Phi) is 5.13. The van der Waals surface area contributed by atoms with Crippen LogP contribution in [0.2, 0.25) is 0 Å². The van der Waals surface area contributed by atoms with Crippen LogP contribution in [-0.2, 0) is 6.54 Å². The average Bonchev–Trinajstić information content (AvgIpc) is 2.26. The van der Waals surface area contributed by atoms with Crippen molar-refractivity contribution in [3.05, 3.63) is 29.6 Å². The van der Waals surface area contributed by atoms with E-state index in [0.29, 0.717) is 6.54 Å². The van der Waals surface area contributed by atoms with Crippen LogP contribution in [0.4, 0.5) is 0 Å². The Morgan fingerprint density at radius 1 is 1.39 bits per heavy atom. The first-order valence-electron chi connectivity index (χ1n) is 6.39. The number of rotatable bonds is 3. The van der Waals surface area contributed by atoms with Crippen LogP contribution in [0.25, 0.3) is 0 Å². The second-order valence-corrected chi connectivity index (χ2v) is 5.34. The first-order valence-corrected chi connectivity index (χ1v) is 6.39. The Morgan fingerprint density at radius 3 is 2.67 bits per heavy atom. The smallest absolute Gasteiger partial charge is 0.192 e. The van der Waals surface area contributed by atoms with Crippen LogP contribution in [0.15, 0.2) is 23.3 Å². The van der Waals surface area contributed by atoms with E-state index in [1.54, 1.807) is 0 Å². The maximum Gasteiger partial charge on any atom is 0.192 e. The molecule has 100 valence electrons. The zero-order valence-corrected chi connectivity index (χ0v) is 12.0. The Hall–Kier alpha value is -1.58. The number of pyridine rings is 1. The molecule has 1 aromatic rings. The third-order valence-electron chi connectivity index (χ3n) is 2.34. The molecule has 0 radical (unpaired) electrons. The number of aromatic nitrogens is 1. The van der Waals surface area contributed by atoms with Crippen molar-refractivity contribution in [2.75, 3.05) is 6.54 Å². The van der Waals surface area contributed by atoms with Gasteiger partial charge in [-0.15, -0.1) is 0 Å². The van der Waals surface area contributed by atoms with Crippen molar-refractivity contribution in [1.29, 1.82) is 0 Å². The largest absolute Gasteiger partial charge is 0.357 e. The van der Waals surface area contributed by atoms with Crippen molar-refractivity contribution in [3.8, 4) is 0 Å². The van der Waals surface area contributed by atoms with Gasteiger partial charge in [-0.2, -0.15) is 0 Å². The highest BCUT2D eigenvalue weighted by atomic mass is 15.2. The fourth-order valence-electron chi connectivity index (χ4n) is 1.50. The molecule has 1 rings (SSSR count). The van der Waals surface area contributed by atoms with E-state index < -0.39 is 0 Å². The van der Waals surface area contributed by atoms with Crippen LogP contribution in [-0.4, -0.2) is 23.0 Å². The van der Waals surface area contributed by atoms with Crippen molar-refractivity contribution in [1.82, 2.24) is 15.6 Å². The van der Waals surface area contributed by atoms with Gasteiger partial charge in [0.1, 0.15) is 0 Å². The lowest BCUT2D eigenvalue weighted by molar-refractivity contribution is 0.501. The molecule has 4 heteroatoms. The summed E-state index contributed by atoms with van der Waals surface area (Å²) in [6, 6.07) is 4.00. The topological polar surface area (TPSA) is 49.3 Å². The molecular weight excluding hydrogens is 224 g/mol. The van der Waals surface area contributed by atoms with Gasteiger partial charge in [-0.3, -0.25) is 4.98 Å². The van der Waals surface area contributed by atoms with E-state index in [-0.39, 0.29) is 5.54 Å². The highest BCUT2D eigenvalue weighted by Gasteiger charge is 2.11. The minimum atomic E-state index is 0.000163. The van der Waals surface area contributed by atoms with Gasteiger partial charge in [-0.1, -0.05) is 6.07 Å². The van der Waals surface area contributed by atoms with Gasteiger partial charge in [0.05, 0.1) is 12.2 Å². The maximum absolute atomic E-state index is 4.56. The van der Waals surface area contributed by atoms with E-state index in [4.69, 9.17) is 0 Å². The van der Waals surface area contributed by atoms with E-state index in [1.165, 1.54) is 5.56 Å². The molecule has 0 fully saturated rings. The van der Waals surface area contributed by atoms with E-state index in [0.717, 1.165) is 18.2 Å². The maximum atomic E-state index is 4.56. The number of guanidine groups is 1. The van der Waals surface area contributed by atoms with Crippen LogP contribution in [0.1, 0.15) is 39.0 Å². The molecule has 0 spiro atoms. The molecule has 2 N–H and O–H groups in total. The quantitative estimate of drug-likeness (QED) is 0.637. The zero-order valence-electron chi connectivity index (χ0n) is 12.0. The second kappa shape index (κ2) is 6.38. The summed E-state index contributed by atoms with van der Waals surface area (Å²) in [7, 11) is 0. The molecule has 0 unspecified atom stereocenters. The molecule has 0 aliphatic rings. The number of hydrogen-bond donors (Lipinski definition) is 2. The van der Waals surface area contributed by atoms with Crippen molar-refractivity contribution >= 4 is 5.96 Å². The standard InChI is InChI=1S/C14H24N4/c1-6-15-13(18-14(3,4)5)17-10-12-11(2)8-7-9-16-12/h7-9H,6,10H2,1-5H3,(H2,15,17,18). The third-order valence-corrected chi connectivity index (χ3v) is 2.34. The van der Waals surface area contributed by atoms with E-state index in [9.17, 15) is 0 Å². The van der Waals surface area contributed by atoms with Crippen molar-refractivity contribution in [2.45, 2.75) is 46.7 Å². The first-order chi connectivity index (χ1) is 8.42. The average molecular weight is 248 g/mol. The highest BCUT2D eigenvalue weighted by Crippen LogP contribution is 2.05. The molecule has 4 nitrogen and oxygen atoms in total. The molecular formula is C14H24N4. The normalized spacial score (nSPS) is 12.4. The summed E-state index contributed by atoms with van der Waals surface area (Å²) in [4.78, 5) is 8.91. The minimum Gasteiger partial charge on any atom is -0.357 e. The van der Waals surface area contributed by atoms with Gasteiger partial charge in [-0.25, -0.2) is 4.99 Å². The fourth-order valence-corrected chi connectivity index (χ4v) is 1.50. The summed E-state index contributed by atoms with van der Waals surface area (Å²) in [6.45, 7) is 11.9. The van der Waals surface area contributed by atoms with Gasteiger partial charge < -0.3 is 10.6 Å². The van der Waals surface area contributed by atoms with Crippen LogP contribution >= 0.6 is 0 Å². The second-order valence-electron chi connectivity index (χ2n) is 5.34. The Balaban J connectivity index is 2.74. The lowest BCUT2D eigenvalue weighted by Gasteiger charge is -2.23. The first kappa shape index (κ1) is 14.5. The predicted molar refractivity (Wildman–Crippen MR) is 76.7 cm³/mol. The minimum absolute atomic E-state index is 0.000163. The molecule has 0 atom stereocenters. The van der Waals surface area contributed by atoms with E-state index in [2.05, 4.69) is 61.3 Å². The van der Waals surface area contributed by atoms with E-state index >= 15 is 0 Å². The molecule has 1 heterocycles. The molecule has 1 aromatic heterocycles. The molecule has 0 aliphatic heterocycles. The van der Waals surface area contributed by atoms with Gasteiger partial charge in [0.25, 0.3) is 0 Å². The number of nitrogens with zero attached hydrogens (tertiary/aromatic N) is 2. The molecule has 18 heavy (non-hydrogen) atoms. The van der Waals surface area contributed by atoms with Gasteiger partial charge >= 0.3 is 0 Å². The van der Waals surface area contributed by atoms with Crippen molar-refractivity contribution < 1.29 is 0 Å².